The summed E-state index contributed by atoms with van der Waals surface area (Å²) in [5, 5.41) is 7.45. The van der Waals surface area contributed by atoms with E-state index in [1.807, 2.05) is 0 Å². The first-order chi connectivity index (χ1) is 8.67. The number of nitrogens with zero attached hydrogens (tertiary/aromatic N) is 2. The molecule has 1 aromatic heterocycles. The summed E-state index contributed by atoms with van der Waals surface area (Å²) in [6.45, 7) is 10.4. The maximum Gasteiger partial charge on any atom is 0.151 e. The molecule has 0 aromatic carbocycles. The van der Waals surface area contributed by atoms with Gasteiger partial charge in [-0.1, -0.05) is 25.9 Å². The Bertz CT molecular complexity index is 358. The summed E-state index contributed by atoms with van der Waals surface area (Å²) in [5.74, 6) is 1.91. The van der Waals surface area contributed by atoms with Crippen molar-refractivity contribution >= 4 is 0 Å². The number of hydrogen-bond acceptors (Lipinski definition) is 4. The van der Waals surface area contributed by atoms with Crippen molar-refractivity contribution in [1.82, 2.24) is 15.4 Å². The molecule has 102 valence electrons. The Morgan fingerprint density at radius 3 is 2.89 bits per heavy atom. The summed E-state index contributed by atoms with van der Waals surface area (Å²) in [5.41, 5.74) is 1.00. The molecule has 0 bridgehead atoms. The van der Waals surface area contributed by atoms with Gasteiger partial charge < -0.3 is 9.84 Å². The molecule has 1 aliphatic carbocycles. The van der Waals surface area contributed by atoms with Crippen molar-refractivity contribution in [3.63, 3.8) is 0 Å². The lowest BCUT2D eigenvalue weighted by Crippen LogP contribution is -2.25. The monoisotopic (exact) mass is 251 g/mol. The molecule has 1 aromatic rings. The number of nitrogens with one attached hydrogen (secondary N) is 1. The number of rotatable bonds is 8. The van der Waals surface area contributed by atoms with Gasteiger partial charge in [0, 0.05) is 25.2 Å². The fourth-order valence-corrected chi connectivity index (χ4v) is 2.01. The van der Waals surface area contributed by atoms with Crippen molar-refractivity contribution in [2.45, 2.75) is 52.7 Å². The molecule has 1 N–H and O–H groups in total. The Hall–Kier alpha value is -0.870. The van der Waals surface area contributed by atoms with Gasteiger partial charge in [-0.2, -0.15) is 0 Å². The van der Waals surface area contributed by atoms with E-state index in [1.54, 1.807) is 0 Å². The van der Waals surface area contributed by atoms with Gasteiger partial charge in [-0.25, -0.2) is 0 Å². The molecule has 0 aliphatic heterocycles. The molecular weight excluding hydrogens is 226 g/mol. The zero-order chi connectivity index (χ0) is 13.0. The van der Waals surface area contributed by atoms with Gasteiger partial charge in [0.15, 0.2) is 5.76 Å². The molecule has 1 aliphatic rings. The first-order valence-corrected chi connectivity index (χ1v) is 7.07. The zero-order valence-electron chi connectivity index (χ0n) is 11.8. The summed E-state index contributed by atoms with van der Waals surface area (Å²) >= 11 is 0. The van der Waals surface area contributed by atoms with Crippen molar-refractivity contribution in [3.05, 3.63) is 17.5 Å². The average molecular weight is 251 g/mol. The molecule has 0 atom stereocenters. The quantitative estimate of drug-likeness (QED) is 0.770. The molecule has 1 saturated carbocycles. The summed E-state index contributed by atoms with van der Waals surface area (Å²) in [7, 11) is 0. The van der Waals surface area contributed by atoms with Crippen LogP contribution in [-0.2, 0) is 13.1 Å². The van der Waals surface area contributed by atoms with E-state index >= 15 is 0 Å². The van der Waals surface area contributed by atoms with Crippen LogP contribution in [-0.4, -0.2) is 29.2 Å². The van der Waals surface area contributed by atoms with Crippen LogP contribution in [0.15, 0.2) is 10.6 Å². The van der Waals surface area contributed by atoms with E-state index < -0.39 is 0 Å². The molecule has 4 nitrogen and oxygen atoms in total. The highest BCUT2D eigenvalue weighted by atomic mass is 16.5. The Morgan fingerprint density at radius 2 is 2.28 bits per heavy atom. The Kier molecular flexibility index (Phi) is 4.78. The predicted molar refractivity (Wildman–Crippen MR) is 72.2 cm³/mol. The first-order valence-electron chi connectivity index (χ1n) is 7.07. The van der Waals surface area contributed by atoms with Crippen LogP contribution in [0.2, 0.25) is 0 Å². The van der Waals surface area contributed by atoms with E-state index in [0.29, 0.717) is 6.04 Å². The minimum atomic E-state index is 0.479. The SMILES string of the molecule is CCN(Cc1cc(CNC(C)C)no1)CC1CC1. The van der Waals surface area contributed by atoms with Crippen molar-refractivity contribution in [1.29, 1.82) is 0 Å². The smallest absolute Gasteiger partial charge is 0.151 e. The van der Waals surface area contributed by atoms with Crippen LogP contribution >= 0.6 is 0 Å². The highest BCUT2D eigenvalue weighted by molar-refractivity contribution is 5.05. The third-order valence-corrected chi connectivity index (χ3v) is 3.34. The minimum absolute atomic E-state index is 0.479. The van der Waals surface area contributed by atoms with Crippen LogP contribution in [0, 0.1) is 5.92 Å². The second-order valence-electron chi connectivity index (χ2n) is 5.59. The molecule has 1 fully saturated rings. The summed E-state index contributed by atoms with van der Waals surface area (Å²) in [6, 6.07) is 2.55. The summed E-state index contributed by atoms with van der Waals surface area (Å²) in [6.07, 6.45) is 2.80. The van der Waals surface area contributed by atoms with Gasteiger partial charge in [0.25, 0.3) is 0 Å². The van der Waals surface area contributed by atoms with Crippen LogP contribution < -0.4 is 5.32 Å². The summed E-state index contributed by atoms with van der Waals surface area (Å²) in [4.78, 5) is 2.44. The van der Waals surface area contributed by atoms with Gasteiger partial charge >= 0.3 is 0 Å². The van der Waals surface area contributed by atoms with E-state index in [2.05, 4.69) is 42.2 Å². The molecule has 0 spiro atoms. The van der Waals surface area contributed by atoms with Gasteiger partial charge in [-0.05, 0) is 25.3 Å². The van der Waals surface area contributed by atoms with Crippen LogP contribution in [0.1, 0.15) is 45.1 Å². The summed E-state index contributed by atoms with van der Waals surface area (Å²) < 4.78 is 5.40. The first kappa shape index (κ1) is 13.6. The van der Waals surface area contributed by atoms with Crippen molar-refractivity contribution in [2.75, 3.05) is 13.1 Å². The van der Waals surface area contributed by atoms with E-state index in [1.165, 1.54) is 19.4 Å². The van der Waals surface area contributed by atoms with Crippen molar-refractivity contribution in [2.24, 2.45) is 5.92 Å². The fourth-order valence-electron chi connectivity index (χ4n) is 2.01. The predicted octanol–water partition coefficient (Wildman–Crippen LogP) is 2.40. The largest absolute Gasteiger partial charge is 0.360 e. The maximum atomic E-state index is 5.40. The van der Waals surface area contributed by atoms with E-state index in [9.17, 15) is 0 Å². The highest BCUT2D eigenvalue weighted by Crippen LogP contribution is 2.30. The normalized spacial score (nSPS) is 15.8. The van der Waals surface area contributed by atoms with Gasteiger partial charge in [0.05, 0.1) is 12.2 Å². The second kappa shape index (κ2) is 6.34. The Labute approximate surface area is 110 Å². The van der Waals surface area contributed by atoms with Crippen molar-refractivity contribution in [3.8, 4) is 0 Å². The second-order valence-corrected chi connectivity index (χ2v) is 5.59. The van der Waals surface area contributed by atoms with Gasteiger partial charge in [-0.3, -0.25) is 4.90 Å². The van der Waals surface area contributed by atoms with Gasteiger partial charge in [-0.15, -0.1) is 0 Å². The number of aromatic nitrogens is 1. The number of hydrogen-bond donors (Lipinski definition) is 1. The van der Waals surface area contributed by atoms with Crippen LogP contribution in [0.5, 0.6) is 0 Å². The zero-order valence-corrected chi connectivity index (χ0v) is 11.8. The van der Waals surface area contributed by atoms with E-state index in [4.69, 9.17) is 4.52 Å². The third-order valence-electron chi connectivity index (χ3n) is 3.34. The lowest BCUT2D eigenvalue weighted by molar-refractivity contribution is 0.232. The molecule has 0 saturated heterocycles. The highest BCUT2D eigenvalue weighted by Gasteiger charge is 2.24. The van der Waals surface area contributed by atoms with Crippen LogP contribution in [0.4, 0.5) is 0 Å². The minimum Gasteiger partial charge on any atom is -0.360 e. The lowest BCUT2D eigenvalue weighted by atomic mass is 10.3. The molecule has 0 amide bonds. The van der Waals surface area contributed by atoms with E-state index in [-0.39, 0.29) is 0 Å². The van der Waals surface area contributed by atoms with Crippen LogP contribution in [0.25, 0.3) is 0 Å². The molecule has 18 heavy (non-hydrogen) atoms. The van der Waals surface area contributed by atoms with E-state index in [0.717, 1.165) is 37.0 Å². The van der Waals surface area contributed by atoms with Gasteiger partial charge in [0.2, 0.25) is 0 Å². The van der Waals surface area contributed by atoms with Crippen LogP contribution in [0.3, 0.4) is 0 Å². The molecule has 0 unspecified atom stereocenters. The molecule has 0 radical (unpaired) electrons. The molecule has 4 heteroatoms. The average Bonchev–Trinajstić information content (AvgIpc) is 3.04. The van der Waals surface area contributed by atoms with Gasteiger partial charge in [0.1, 0.15) is 0 Å². The lowest BCUT2D eigenvalue weighted by Gasteiger charge is -2.17. The molecule has 2 rings (SSSR count). The fraction of sp³-hybridized carbons (Fsp3) is 0.786. The standard InChI is InChI=1S/C14H25N3O/c1-4-17(9-12-5-6-12)10-14-7-13(16-18-14)8-15-11(2)3/h7,11-12,15H,4-6,8-10H2,1-3H3. The third kappa shape index (κ3) is 4.42. The molecule has 1 heterocycles. The topological polar surface area (TPSA) is 41.3 Å². The maximum absolute atomic E-state index is 5.40. The Balaban J connectivity index is 1.80. The molecular formula is C14H25N3O. The van der Waals surface area contributed by atoms with Crippen molar-refractivity contribution < 1.29 is 4.52 Å². The Morgan fingerprint density at radius 1 is 1.50 bits per heavy atom.